The number of halogens is 3. The second kappa shape index (κ2) is 7.72. The Morgan fingerprint density at radius 1 is 0.850 bits per heavy atom. The van der Waals surface area contributed by atoms with E-state index in [-0.39, 0.29) is 0 Å². The summed E-state index contributed by atoms with van der Waals surface area (Å²) in [5, 5.41) is 0. The molecular weight excluding hydrogens is 343 g/mol. The molecule has 1 aliphatic heterocycles. The van der Waals surface area contributed by atoms with Crippen LogP contribution in [0.25, 0.3) is 0 Å². The van der Waals surface area contributed by atoms with Gasteiger partial charge in [0.25, 0.3) is 6.69 Å². The normalized spacial score (nSPS) is 33.0. The molecule has 1 saturated heterocycles. The molecule has 0 bridgehead atoms. The molecule has 2 fully saturated rings. The summed E-state index contributed by atoms with van der Waals surface area (Å²) in [6.07, 6.45) is 11.3. The first-order valence-corrected chi connectivity index (χ1v) is 16.5. The standard InChI is InChI=1S/C15H29Cl3Si2/c1-2-3-4-5-14-6-8-15(9-7-14)19(16)10-12-20(17,18)13-11-19/h14-15H,2-13H2,1H3. The van der Waals surface area contributed by atoms with E-state index in [0.29, 0.717) is 0 Å². The Kier molecular flexibility index (Phi) is 6.82. The summed E-state index contributed by atoms with van der Waals surface area (Å²) in [4.78, 5) is 0. The van der Waals surface area contributed by atoms with Crippen molar-refractivity contribution in [3.8, 4) is 0 Å². The van der Waals surface area contributed by atoms with Gasteiger partial charge in [-0.15, -0.1) is 22.2 Å². The van der Waals surface area contributed by atoms with Crippen molar-refractivity contribution < 1.29 is 0 Å². The van der Waals surface area contributed by atoms with Crippen molar-refractivity contribution in [2.75, 3.05) is 0 Å². The van der Waals surface area contributed by atoms with Crippen LogP contribution in [0.15, 0.2) is 0 Å². The zero-order valence-electron chi connectivity index (χ0n) is 12.8. The number of rotatable bonds is 5. The smallest absolute Gasteiger partial charge is 0.167 e. The van der Waals surface area contributed by atoms with Gasteiger partial charge in [-0.05, 0) is 35.6 Å². The van der Waals surface area contributed by atoms with Crippen molar-refractivity contribution in [1.29, 1.82) is 0 Å². The lowest BCUT2D eigenvalue weighted by Gasteiger charge is -2.42. The Hall–Kier alpha value is 1.30. The molecule has 0 spiro atoms. The van der Waals surface area contributed by atoms with Crippen LogP contribution in [0.3, 0.4) is 0 Å². The first kappa shape index (κ1) is 17.7. The minimum atomic E-state index is -1.88. The molecule has 0 aromatic rings. The molecule has 20 heavy (non-hydrogen) atoms. The molecule has 1 saturated carbocycles. The first-order valence-electron chi connectivity index (χ1n) is 8.52. The third kappa shape index (κ3) is 4.91. The van der Waals surface area contributed by atoms with Crippen LogP contribution in [-0.4, -0.2) is 14.1 Å². The highest BCUT2D eigenvalue weighted by Gasteiger charge is 2.48. The second-order valence-electron chi connectivity index (χ2n) is 7.10. The molecule has 0 nitrogen and oxygen atoms in total. The summed E-state index contributed by atoms with van der Waals surface area (Å²) in [6, 6.07) is 4.50. The largest absolute Gasteiger partial charge is 0.250 e. The van der Waals surface area contributed by atoms with E-state index >= 15 is 0 Å². The second-order valence-corrected chi connectivity index (χ2v) is 20.9. The van der Waals surface area contributed by atoms with E-state index in [1.807, 2.05) is 0 Å². The molecule has 0 aromatic heterocycles. The Labute approximate surface area is 141 Å². The average Bonchev–Trinajstić information content (AvgIpc) is 2.44. The Morgan fingerprint density at radius 3 is 2.00 bits per heavy atom. The van der Waals surface area contributed by atoms with Crippen LogP contribution >= 0.6 is 33.2 Å². The highest BCUT2D eigenvalue weighted by molar-refractivity contribution is 7.46. The molecule has 118 valence electrons. The summed E-state index contributed by atoms with van der Waals surface area (Å²) in [5.41, 5.74) is 0.852. The quantitative estimate of drug-likeness (QED) is 0.271. The predicted octanol–water partition coefficient (Wildman–Crippen LogP) is 7.24. The van der Waals surface area contributed by atoms with E-state index in [1.165, 1.54) is 63.5 Å². The lowest BCUT2D eigenvalue weighted by atomic mass is 9.85. The van der Waals surface area contributed by atoms with E-state index in [9.17, 15) is 0 Å². The van der Waals surface area contributed by atoms with E-state index in [2.05, 4.69) is 6.92 Å². The zero-order valence-corrected chi connectivity index (χ0v) is 17.0. The summed E-state index contributed by atoms with van der Waals surface area (Å²) >= 11 is 19.9. The summed E-state index contributed by atoms with van der Waals surface area (Å²) < 4.78 is 0. The highest BCUT2D eigenvalue weighted by atomic mass is 35.7. The maximum atomic E-state index is 7.10. The lowest BCUT2D eigenvalue weighted by molar-refractivity contribution is 0.325. The Balaban J connectivity index is 1.76. The molecule has 0 N–H and O–H groups in total. The van der Waals surface area contributed by atoms with E-state index < -0.39 is 14.1 Å². The minimum absolute atomic E-state index is 0.852. The molecule has 0 aromatic carbocycles. The van der Waals surface area contributed by atoms with E-state index in [0.717, 1.165) is 23.5 Å². The van der Waals surface area contributed by atoms with Crippen LogP contribution in [0, 0.1) is 5.92 Å². The maximum absolute atomic E-state index is 7.10. The van der Waals surface area contributed by atoms with Gasteiger partial charge in [0, 0.05) is 0 Å². The van der Waals surface area contributed by atoms with E-state index in [1.54, 1.807) is 0 Å². The van der Waals surface area contributed by atoms with Gasteiger partial charge in [0.2, 0.25) is 0 Å². The average molecular weight is 372 g/mol. The molecule has 1 aliphatic carbocycles. The molecule has 0 radical (unpaired) electrons. The van der Waals surface area contributed by atoms with E-state index in [4.69, 9.17) is 33.2 Å². The van der Waals surface area contributed by atoms with Crippen LogP contribution in [0.1, 0.15) is 58.3 Å². The van der Waals surface area contributed by atoms with Crippen molar-refractivity contribution in [2.24, 2.45) is 5.92 Å². The Morgan fingerprint density at radius 2 is 1.45 bits per heavy atom. The number of unbranched alkanes of at least 4 members (excludes halogenated alkanes) is 2. The summed E-state index contributed by atoms with van der Waals surface area (Å²) in [5.74, 6) is 0.991. The van der Waals surface area contributed by atoms with Crippen molar-refractivity contribution >= 4 is 47.3 Å². The Bertz CT molecular complexity index is 291. The highest BCUT2D eigenvalue weighted by Crippen LogP contribution is 2.52. The molecule has 0 atom stereocenters. The van der Waals surface area contributed by atoms with Gasteiger partial charge in [-0.25, -0.2) is 0 Å². The first-order chi connectivity index (χ1) is 9.45. The minimum Gasteiger partial charge on any atom is -0.167 e. The lowest BCUT2D eigenvalue weighted by Crippen LogP contribution is -2.42. The van der Waals surface area contributed by atoms with Gasteiger partial charge in [0.15, 0.2) is 7.38 Å². The fourth-order valence-corrected chi connectivity index (χ4v) is 18.8. The molecule has 5 heteroatoms. The van der Waals surface area contributed by atoms with Gasteiger partial charge in [-0.3, -0.25) is 0 Å². The van der Waals surface area contributed by atoms with Crippen LogP contribution in [0.4, 0.5) is 0 Å². The molecule has 1 heterocycles. The van der Waals surface area contributed by atoms with Crippen LogP contribution in [0.2, 0.25) is 29.7 Å². The predicted molar refractivity (Wildman–Crippen MR) is 98.1 cm³/mol. The SMILES string of the molecule is CCCCCC1CCC([Si]2(Cl)CC[Si](Cl)(Cl)CC2)CC1. The fourth-order valence-electron chi connectivity index (χ4n) is 4.09. The van der Waals surface area contributed by atoms with Crippen LogP contribution < -0.4 is 0 Å². The third-order valence-corrected chi connectivity index (χ3v) is 17.1. The van der Waals surface area contributed by atoms with Crippen molar-refractivity contribution in [1.82, 2.24) is 0 Å². The van der Waals surface area contributed by atoms with Crippen molar-refractivity contribution in [3.63, 3.8) is 0 Å². The third-order valence-electron chi connectivity index (χ3n) is 5.61. The van der Waals surface area contributed by atoms with Gasteiger partial charge < -0.3 is 0 Å². The van der Waals surface area contributed by atoms with Crippen molar-refractivity contribution in [3.05, 3.63) is 0 Å². The topological polar surface area (TPSA) is 0 Å². The van der Waals surface area contributed by atoms with Gasteiger partial charge in [-0.1, -0.05) is 58.3 Å². The van der Waals surface area contributed by atoms with Gasteiger partial charge >= 0.3 is 0 Å². The van der Waals surface area contributed by atoms with Gasteiger partial charge in [0.1, 0.15) is 0 Å². The molecule has 2 aliphatic rings. The maximum Gasteiger partial charge on any atom is 0.250 e. The molecule has 0 unspecified atom stereocenters. The molecular formula is C15H29Cl3Si2. The fraction of sp³-hybridized carbons (Fsp3) is 1.00. The molecule has 0 amide bonds. The summed E-state index contributed by atoms with van der Waals surface area (Å²) in [7, 11) is -1.55. The summed E-state index contributed by atoms with van der Waals surface area (Å²) in [6.45, 7) is 0.408. The number of hydrogen-bond donors (Lipinski definition) is 0. The molecule has 2 rings (SSSR count). The zero-order chi connectivity index (χ0) is 14.6. The number of hydrogen-bond acceptors (Lipinski definition) is 0. The monoisotopic (exact) mass is 370 g/mol. The van der Waals surface area contributed by atoms with Crippen LogP contribution in [-0.2, 0) is 0 Å². The van der Waals surface area contributed by atoms with Gasteiger partial charge in [0.05, 0.1) is 0 Å². The van der Waals surface area contributed by atoms with Gasteiger partial charge in [-0.2, -0.15) is 11.1 Å². The van der Waals surface area contributed by atoms with Crippen molar-refractivity contribution in [2.45, 2.75) is 88.0 Å². The van der Waals surface area contributed by atoms with Crippen LogP contribution in [0.5, 0.6) is 0 Å².